The minimum Gasteiger partial charge on any atom is -0.346 e. The Kier molecular flexibility index (Phi) is 3.24. The van der Waals surface area contributed by atoms with Crippen LogP contribution in [0.1, 0.15) is 24.7 Å². The van der Waals surface area contributed by atoms with Crippen molar-refractivity contribution in [2.24, 2.45) is 7.05 Å². The van der Waals surface area contributed by atoms with Crippen LogP contribution in [0.3, 0.4) is 0 Å². The highest BCUT2D eigenvalue weighted by Gasteiger charge is 2.31. The molecular weight excluding hydrogens is 330 g/mol. The van der Waals surface area contributed by atoms with E-state index < -0.39 is 0 Å². The molecule has 0 amide bonds. The Morgan fingerprint density at radius 2 is 2.08 bits per heavy atom. The third-order valence-electron chi connectivity index (χ3n) is 4.98. The Balaban J connectivity index is 1.64. The average molecular weight is 347 g/mol. The molecule has 3 aromatic heterocycles. The third-order valence-corrected chi connectivity index (χ3v) is 4.98. The summed E-state index contributed by atoms with van der Waals surface area (Å²) in [5.41, 5.74) is 1.40. The zero-order valence-corrected chi connectivity index (χ0v) is 14.3. The highest BCUT2D eigenvalue weighted by Crippen LogP contribution is 2.36. The van der Waals surface area contributed by atoms with Gasteiger partial charge >= 0.3 is 0 Å². The van der Waals surface area contributed by atoms with Crippen molar-refractivity contribution in [1.82, 2.24) is 29.7 Å². The van der Waals surface area contributed by atoms with E-state index in [0.717, 1.165) is 36.2 Å². The summed E-state index contributed by atoms with van der Waals surface area (Å²) in [6, 6.07) is 7.39. The zero-order valence-electron chi connectivity index (χ0n) is 14.3. The molecule has 130 valence electrons. The van der Waals surface area contributed by atoms with Gasteiger partial charge in [-0.05, 0) is 25.0 Å². The molecule has 1 unspecified atom stereocenters. The zero-order chi connectivity index (χ0) is 17.7. The maximum atomic E-state index is 12.5. The van der Waals surface area contributed by atoms with Crippen molar-refractivity contribution in [3.8, 4) is 0 Å². The van der Waals surface area contributed by atoms with Crippen LogP contribution in [0.2, 0.25) is 0 Å². The van der Waals surface area contributed by atoms with Crippen LogP contribution < -0.4 is 10.5 Å². The Morgan fingerprint density at radius 3 is 3.00 bits per heavy atom. The van der Waals surface area contributed by atoms with Gasteiger partial charge in [-0.2, -0.15) is 5.10 Å². The van der Waals surface area contributed by atoms with Gasteiger partial charge in [-0.3, -0.25) is 9.48 Å². The molecular formula is C18H17N7O. The highest BCUT2D eigenvalue weighted by atomic mass is 16.1. The van der Waals surface area contributed by atoms with Crippen LogP contribution in [0.25, 0.3) is 21.9 Å². The maximum Gasteiger partial charge on any atom is 0.258 e. The third kappa shape index (κ3) is 2.18. The molecule has 1 aliphatic rings. The normalized spacial score (nSPS) is 17.4. The predicted molar refractivity (Wildman–Crippen MR) is 98.0 cm³/mol. The fourth-order valence-electron chi connectivity index (χ4n) is 3.75. The lowest BCUT2D eigenvalue weighted by Crippen LogP contribution is -2.27. The number of hydrogen-bond donors (Lipinski definition) is 1. The number of anilines is 1. The number of hydrogen-bond acceptors (Lipinski definition) is 6. The van der Waals surface area contributed by atoms with Crippen LogP contribution in [-0.2, 0) is 7.05 Å². The van der Waals surface area contributed by atoms with Crippen molar-refractivity contribution in [2.75, 3.05) is 11.4 Å². The van der Waals surface area contributed by atoms with E-state index in [1.807, 2.05) is 25.2 Å². The van der Waals surface area contributed by atoms with E-state index in [4.69, 9.17) is 4.98 Å². The highest BCUT2D eigenvalue weighted by molar-refractivity contribution is 5.87. The molecule has 1 aliphatic heterocycles. The summed E-state index contributed by atoms with van der Waals surface area (Å²) in [5.74, 6) is 1.52. The molecule has 0 bridgehead atoms. The van der Waals surface area contributed by atoms with E-state index in [-0.39, 0.29) is 11.6 Å². The number of nitrogens with one attached hydrogen (secondary N) is 1. The first-order valence-electron chi connectivity index (χ1n) is 8.60. The van der Waals surface area contributed by atoms with E-state index in [2.05, 4.69) is 25.0 Å². The lowest BCUT2D eigenvalue weighted by Gasteiger charge is -2.25. The van der Waals surface area contributed by atoms with Gasteiger partial charge in [0.15, 0.2) is 5.65 Å². The van der Waals surface area contributed by atoms with Crippen LogP contribution in [0, 0.1) is 0 Å². The van der Waals surface area contributed by atoms with Crippen molar-refractivity contribution < 1.29 is 0 Å². The van der Waals surface area contributed by atoms with Gasteiger partial charge in [-0.25, -0.2) is 15.0 Å². The molecule has 1 atom stereocenters. The van der Waals surface area contributed by atoms with E-state index in [0.29, 0.717) is 16.7 Å². The van der Waals surface area contributed by atoms with Crippen LogP contribution in [0.15, 0.2) is 41.6 Å². The molecule has 0 radical (unpaired) electrons. The first-order valence-corrected chi connectivity index (χ1v) is 8.60. The molecule has 0 aliphatic carbocycles. The molecule has 0 spiro atoms. The summed E-state index contributed by atoms with van der Waals surface area (Å²) in [6.07, 6.45) is 5.27. The second kappa shape index (κ2) is 5.62. The van der Waals surface area contributed by atoms with E-state index in [9.17, 15) is 4.79 Å². The fraction of sp³-hybridized carbons (Fsp3) is 0.278. The van der Waals surface area contributed by atoms with E-state index >= 15 is 0 Å². The molecule has 5 rings (SSSR count). The van der Waals surface area contributed by atoms with Crippen molar-refractivity contribution >= 4 is 27.8 Å². The summed E-state index contributed by atoms with van der Waals surface area (Å²) < 4.78 is 1.74. The molecule has 1 N–H and O–H groups in total. The van der Waals surface area contributed by atoms with Gasteiger partial charge in [-0.1, -0.05) is 12.1 Å². The molecule has 4 heterocycles. The number of aromatic nitrogens is 6. The first-order chi connectivity index (χ1) is 12.7. The molecule has 0 saturated carbocycles. The quantitative estimate of drug-likeness (QED) is 0.596. The topological polar surface area (TPSA) is 92.6 Å². The van der Waals surface area contributed by atoms with Gasteiger partial charge in [0, 0.05) is 13.6 Å². The molecule has 8 nitrogen and oxygen atoms in total. The van der Waals surface area contributed by atoms with Gasteiger partial charge < -0.3 is 9.88 Å². The number of nitrogens with zero attached hydrogens (tertiary/aromatic N) is 6. The summed E-state index contributed by atoms with van der Waals surface area (Å²) in [6.45, 7) is 0.849. The van der Waals surface area contributed by atoms with Gasteiger partial charge in [-0.15, -0.1) is 0 Å². The monoisotopic (exact) mass is 347 g/mol. The van der Waals surface area contributed by atoms with Gasteiger partial charge in [0.2, 0.25) is 0 Å². The van der Waals surface area contributed by atoms with E-state index in [1.54, 1.807) is 23.3 Å². The molecule has 1 aromatic carbocycles. The lowest BCUT2D eigenvalue weighted by atomic mass is 10.2. The SMILES string of the molecule is Cn1ncc2c(N3CCCC3c3nc4ccccc4c(=O)[nH]3)ncnc21. The number of para-hydroxylation sites is 1. The Bertz CT molecular complexity index is 1180. The fourth-order valence-corrected chi connectivity index (χ4v) is 3.75. The van der Waals surface area contributed by atoms with Gasteiger partial charge in [0.25, 0.3) is 5.56 Å². The maximum absolute atomic E-state index is 12.5. The molecule has 26 heavy (non-hydrogen) atoms. The number of aryl methyl sites for hydroxylation is 1. The standard InChI is InChI=1S/C18H17N7O/c1-24-16-12(9-21-24)17(20-10-19-16)25-8-4-7-14(25)15-22-13-6-3-2-5-11(13)18(26)23-15/h2-3,5-6,9-10,14H,4,7-8H2,1H3,(H,22,23,26). The number of H-pyrrole nitrogens is 1. The number of rotatable bonds is 2. The van der Waals surface area contributed by atoms with Crippen molar-refractivity contribution in [3.63, 3.8) is 0 Å². The largest absolute Gasteiger partial charge is 0.346 e. The molecule has 1 fully saturated rings. The summed E-state index contributed by atoms with van der Waals surface area (Å²) in [4.78, 5) is 31.2. The number of fused-ring (bicyclic) bond motifs is 2. The lowest BCUT2D eigenvalue weighted by molar-refractivity contribution is 0.663. The second-order valence-corrected chi connectivity index (χ2v) is 6.52. The van der Waals surface area contributed by atoms with Crippen molar-refractivity contribution in [1.29, 1.82) is 0 Å². The minimum absolute atomic E-state index is 0.0226. The Labute approximate surface area is 148 Å². The van der Waals surface area contributed by atoms with Gasteiger partial charge in [0.1, 0.15) is 18.0 Å². The van der Waals surface area contributed by atoms with E-state index in [1.165, 1.54) is 0 Å². The smallest absolute Gasteiger partial charge is 0.258 e. The number of aromatic amines is 1. The average Bonchev–Trinajstić information content (AvgIpc) is 3.29. The van der Waals surface area contributed by atoms with Crippen molar-refractivity contribution in [3.05, 3.63) is 53.0 Å². The molecule has 8 heteroatoms. The predicted octanol–water partition coefficient (Wildman–Crippen LogP) is 1.94. The molecule has 1 saturated heterocycles. The minimum atomic E-state index is -0.105. The van der Waals surface area contributed by atoms with Crippen LogP contribution >= 0.6 is 0 Å². The van der Waals surface area contributed by atoms with Crippen LogP contribution in [0.5, 0.6) is 0 Å². The van der Waals surface area contributed by atoms with Crippen LogP contribution in [0.4, 0.5) is 5.82 Å². The summed E-state index contributed by atoms with van der Waals surface area (Å²) >= 11 is 0. The summed E-state index contributed by atoms with van der Waals surface area (Å²) in [5, 5.41) is 5.81. The first kappa shape index (κ1) is 15.0. The second-order valence-electron chi connectivity index (χ2n) is 6.52. The van der Waals surface area contributed by atoms with Gasteiger partial charge in [0.05, 0.1) is 28.5 Å². The summed E-state index contributed by atoms with van der Waals surface area (Å²) in [7, 11) is 1.86. The van der Waals surface area contributed by atoms with Crippen LogP contribution in [-0.4, -0.2) is 36.3 Å². The Hall–Kier alpha value is -3.29. The van der Waals surface area contributed by atoms with Crippen molar-refractivity contribution in [2.45, 2.75) is 18.9 Å². The Morgan fingerprint density at radius 1 is 1.19 bits per heavy atom. The molecule has 4 aromatic rings. The number of benzene rings is 1.